The zero-order chi connectivity index (χ0) is 21.0. The summed E-state index contributed by atoms with van der Waals surface area (Å²) in [6.07, 6.45) is 0. The Balaban J connectivity index is 1.51. The highest BCUT2D eigenvalue weighted by Crippen LogP contribution is 2.27. The molecule has 0 N–H and O–H groups in total. The molecule has 4 rings (SSSR count). The molecule has 0 bridgehead atoms. The molecule has 9 heteroatoms. The van der Waals surface area contributed by atoms with Crippen molar-refractivity contribution in [2.24, 2.45) is 0 Å². The molecule has 1 aromatic heterocycles. The first kappa shape index (κ1) is 21.0. The van der Waals surface area contributed by atoms with Crippen LogP contribution in [-0.4, -0.2) is 53.8 Å². The number of hydrogen-bond donors (Lipinski definition) is 0. The Bertz CT molecular complexity index is 1090. The van der Waals surface area contributed by atoms with E-state index in [0.29, 0.717) is 37.0 Å². The highest BCUT2D eigenvalue weighted by molar-refractivity contribution is 7.98. The Kier molecular flexibility index (Phi) is 6.52. The lowest BCUT2D eigenvalue weighted by Crippen LogP contribution is -2.40. The molecule has 0 unspecified atom stereocenters. The number of benzene rings is 2. The maximum atomic E-state index is 12.9. The first-order valence-corrected chi connectivity index (χ1v) is 12.3. The van der Waals surface area contributed by atoms with E-state index >= 15 is 0 Å². The molecule has 30 heavy (non-hydrogen) atoms. The van der Waals surface area contributed by atoms with Crippen molar-refractivity contribution < 1.29 is 13.2 Å². The molecule has 0 amide bonds. The van der Waals surface area contributed by atoms with Crippen molar-refractivity contribution in [2.45, 2.75) is 29.3 Å². The van der Waals surface area contributed by atoms with Crippen LogP contribution in [0.4, 0.5) is 0 Å². The van der Waals surface area contributed by atoms with E-state index in [2.05, 4.69) is 21.7 Å². The molecule has 1 fully saturated rings. The van der Waals surface area contributed by atoms with Crippen molar-refractivity contribution in [1.82, 2.24) is 19.1 Å². The van der Waals surface area contributed by atoms with Gasteiger partial charge in [0.1, 0.15) is 0 Å². The summed E-state index contributed by atoms with van der Waals surface area (Å²) >= 11 is 1.56. The average Bonchev–Trinajstić information content (AvgIpc) is 3.22. The lowest BCUT2D eigenvalue weighted by molar-refractivity contribution is 0.0730. The number of ether oxygens (including phenoxy) is 1. The molecule has 158 valence electrons. The predicted molar refractivity (Wildman–Crippen MR) is 117 cm³/mol. The first-order chi connectivity index (χ1) is 14.6. The monoisotopic (exact) mass is 444 g/mol. The van der Waals surface area contributed by atoms with E-state index in [1.807, 2.05) is 36.4 Å². The van der Waals surface area contributed by atoms with Gasteiger partial charge in [-0.15, -0.1) is 10.2 Å². The maximum Gasteiger partial charge on any atom is 0.243 e. The van der Waals surface area contributed by atoms with Crippen LogP contribution in [0, 0.1) is 0 Å². The molecule has 1 aliphatic heterocycles. The molecule has 0 aliphatic carbocycles. The molecule has 0 spiro atoms. The van der Waals surface area contributed by atoms with E-state index in [1.165, 1.54) is 4.31 Å². The quantitative estimate of drug-likeness (QED) is 0.521. The van der Waals surface area contributed by atoms with Crippen molar-refractivity contribution in [3.63, 3.8) is 0 Å². The smallest absolute Gasteiger partial charge is 0.243 e. The van der Waals surface area contributed by atoms with E-state index < -0.39 is 10.0 Å². The summed E-state index contributed by atoms with van der Waals surface area (Å²) in [6, 6.07) is 17.1. The fourth-order valence-corrected chi connectivity index (χ4v) is 5.79. The largest absolute Gasteiger partial charge is 0.379 e. The van der Waals surface area contributed by atoms with E-state index in [9.17, 15) is 8.42 Å². The number of thioether (sulfide) groups is 1. The van der Waals surface area contributed by atoms with Gasteiger partial charge in [0, 0.05) is 31.0 Å². The lowest BCUT2D eigenvalue weighted by atomic mass is 10.2. The zero-order valence-corrected chi connectivity index (χ0v) is 18.4. The van der Waals surface area contributed by atoms with Gasteiger partial charge in [0.2, 0.25) is 10.0 Å². The van der Waals surface area contributed by atoms with Crippen LogP contribution in [0.3, 0.4) is 0 Å². The molecule has 7 nitrogen and oxygen atoms in total. The number of rotatable bonds is 7. The number of aromatic nitrogens is 3. The minimum absolute atomic E-state index is 0.324. The highest BCUT2D eigenvalue weighted by atomic mass is 32.2. The second-order valence-electron chi connectivity index (χ2n) is 6.87. The topological polar surface area (TPSA) is 77.3 Å². The molecule has 0 radical (unpaired) electrons. The molecule has 0 atom stereocenters. The van der Waals surface area contributed by atoms with Gasteiger partial charge in [0.25, 0.3) is 0 Å². The minimum atomic E-state index is -3.50. The maximum absolute atomic E-state index is 12.9. The normalized spacial score (nSPS) is 15.4. The lowest BCUT2D eigenvalue weighted by Gasteiger charge is -2.26. The van der Waals surface area contributed by atoms with Gasteiger partial charge in [-0.3, -0.25) is 0 Å². The van der Waals surface area contributed by atoms with Crippen LogP contribution in [0.25, 0.3) is 11.4 Å². The van der Waals surface area contributed by atoms with Crippen LogP contribution >= 0.6 is 11.8 Å². The highest BCUT2D eigenvalue weighted by Gasteiger charge is 2.26. The predicted octanol–water partition coefficient (Wildman–Crippen LogP) is 3.28. The van der Waals surface area contributed by atoms with Gasteiger partial charge in [0.05, 0.1) is 18.1 Å². The van der Waals surface area contributed by atoms with Crippen molar-refractivity contribution in [1.29, 1.82) is 0 Å². The van der Waals surface area contributed by atoms with Gasteiger partial charge in [-0.1, -0.05) is 54.2 Å². The van der Waals surface area contributed by atoms with Gasteiger partial charge < -0.3 is 9.30 Å². The van der Waals surface area contributed by atoms with Crippen molar-refractivity contribution in [3.05, 3.63) is 60.2 Å². The van der Waals surface area contributed by atoms with E-state index in [-0.39, 0.29) is 0 Å². The van der Waals surface area contributed by atoms with Crippen molar-refractivity contribution >= 4 is 21.8 Å². The second kappa shape index (κ2) is 9.30. The molecule has 3 aromatic rings. The molecule has 2 heterocycles. The summed E-state index contributed by atoms with van der Waals surface area (Å²) in [5, 5.41) is 9.54. The standard InChI is InChI=1S/C21H24N4O3S2/c1-2-25-20(18-8-4-3-5-9-18)22-23-21(25)29-16-17-7-6-10-19(15-17)30(26,27)24-11-13-28-14-12-24/h3-10,15H,2,11-14,16H2,1H3. The molecular formula is C21H24N4O3S2. The zero-order valence-electron chi connectivity index (χ0n) is 16.8. The minimum Gasteiger partial charge on any atom is -0.379 e. The molecule has 1 saturated heterocycles. The Morgan fingerprint density at radius 2 is 1.80 bits per heavy atom. The average molecular weight is 445 g/mol. The number of sulfonamides is 1. The van der Waals surface area contributed by atoms with Gasteiger partial charge in [-0.25, -0.2) is 8.42 Å². The molecule has 0 saturated carbocycles. The van der Waals surface area contributed by atoms with Crippen LogP contribution in [-0.2, 0) is 27.1 Å². The Hall–Kier alpha value is -2.20. The third-order valence-electron chi connectivity index (χ3n) is 4.94. The summed E-state index contributed by atoms with van der Waals surface area (Å²) in [4.78, 5) is 0.324. The Labute approximate surface area is 181 Å². The summed E-state index contributed by atoms with van der Waals surface area (Å²) in [5.74, 6) is 1.45. The van der Waals surface area contributed by atoms with Crippen molar-refractivity contribution in [2.75, 3.05) is 26.3 Å². The van der Waals surface area contributed by atoms with Crippen LogP contribution < -0.4 is 0 Å². The fourth-order valence-electron chi connectivity index (χ4n) is 3.36. The van der Waals surface area contributed by atoms with Gasteiger partial charge in [0.15, 0.2) is 11.0 Å². The molecule has 2 aromatic carbocycles. The van der Waals surface area contributed by atoms with Crippen LogP contribution in [0.5, 0.6) is 0 Å². The van der Waals surface area contributed by atoms with E-state index in [1.54, 1.807) is 30.0 Å². The number of nitrogens with zero attached hydrogens (tertiary/aromatic N) is 4. The third kappa shape index (κ3) is 4.44. The Morgan fingerprint density at radius 3 is 2.53 bits per heavy atom. The third-order valence-corrected chi connectivity index (χ3v) is 7.87. The summed E-state index contributed by atoms with van der Waals surface area (Å²) in [7, 11) is -3.50. The van der Waals surface area contributed by atoms with Gasteiger partial charge in [-0.2, -0.15) is 4.31 Å². The summed E-state index contributed by atoms with van der Waals surface area (Å²) < 4.78 is 34.7. The molecular weight excluding hydrogens is 420 g/mol. The number of morpholine rings is 1. The number of hydrogen-bond acceptors (Lipinski definition) is 6. The second-order valence-corrected chi connectivity index (χ2v) is 9.75. The summed E-state index contributed by atoms with van der Waals surface area (Å²) in [5.41, 5.74) is 1.96. The Morgan fingerprint density at radius 1 is 1.03 bits per heavy atom. The van der Waals surface area contributed by atoms with Crippen LogP contribution in [0.2, 0.25) is 0 Å². The SMILES string of the molecule is CCn1c(SCc2cccc(S(=O)(=O)N3CCOCC3)c2)nnc1-c1ccccc1. The van der Waals surface area contributed by atoms with Crippen molar-refractivity contribution in [3.8, 4) is 11.4 Å². The first-order valence-electron chi connectivity index (χ1n) is 9.88. The van der Waals surface area contributed by atoms with E-state index in [0.717, 1.165) is 28.7 Å². The van der Waals surface area contributed by atoms with Crippen LogP contribution in [0.1, 0.15) is 12.5 Å². The van der Waals surface area contributed by atoms with Gasteiger partial charge >= 0.3 is 0 Å². The van der Waals surface area contributed by atoms with Crippen LogP contribution in [0.15, 0.2) is 64.6 Å². The fraction of sp³-hybridized carbons (Fsp3) is 0.333. The van der Waals surface area contributed by atoms with Gasteiger partial charge in [-0.05, 0) is 24.6 Å². The molecule has 1 aliphatic rings. The summed E-state index contributed by atoms with van der Waals surface area (Å²) in [6.45, 7) is 4.48. The van der Waals surface area contributed by atoms with E-state index in [4.69, 9.17) is 4.74 Å².